The molecule has 18 nitrogen and oxygen atoms in total. The Balaban J connectivity index is 1.20. The molecular weight excluding hydrogens is 749 g/mol. The molecule has 2 aliphatic heterocycles. The minimum atomic E-state index is -0.561. The lowest BCUT2D eigenvalue weighted by Gasteiger charge is -2.27. The van der Waals surface area contributed by atoms with E-state index in [-0.39, 0.29) is 48.0 Å². The summed E-state index contributed by atoms with van der Waals surface area (Å²) in [6.45, 7) is 8.37. The number of rotatable bonds is 11. The van der Waals surface area contributed by atoms with Gasteiger partial charge in [-0.1, -0.05) is 0 Å². The topological polar surface area (TPSA) is 221 Å². The van der Waals surface area contributed by atoms with Gasteiger partial charge in [0.25, 0.3) is 11.8 Å². The standard InChI is InChI=1S/C40H42N10O8/c1-7-42-29(13-21(3)41)35(51)45-39-43-27-15-23(37(53)55-5)17-31-33(27)49(39)25(19-57-31)11-9-10-12-26-20-58-32-18-24(38(54)56-6)16-28-34(32)50(26)40(44-28)46-36(52)30-14-22(4)47-48(30)8-2/h13-18,25-26H,7-8,11-12,19-20,41H2,1-6H3,(H,43,45,51)(H,44,46,52)/t25-,26-/m0/s1. The second-order valence-electron chi connectivity index (χ2n) is 13.6. The van der Waals surface area contributed by atoms with Crippen LogP contribution in [0.25, 0.3) is 22.1 Å². The molecule has 0 saturated carbocycles. The van der Waals surface area contributed by atoms with Gasteiger partial charge in [0.2, 0.25) is 11.9 Å². The van der Waals surface area contributed by atoms with E-state index in [9.17, 15) is 19.2 Å². The van der Waals surface area contributed by atoms with Crippen LogP contribution in [0.4, 0.5) is 11.9 Å². The highest BCUT2D eigenvalue weighted by molar-refractivity contribution is 6.47. The van der Waals surface area contributed by atoms with Gasteiger partial charge >= 0.3 is 11.9 Å². The highest BCUT2D eigenvalue weighted by atomic mass is 16.5. The molecule has 18 heteroatoms. The Labute approximate surface area is 332 Å². The van der Waals surface area contributed by atoms with E-state index in [1.54, 1.807) is 41.9 Å². The number of anilines is 2. The number of benzene rings is 2. The molecule has 2 atom stereocenters. The van der Waals surface area contributed by atoms with Gasteiger partial charge in [-0.15, -0.1) is 11.8 Å². The van der Waals surface area contributed by atoms with Crippen molar-refractivity contribution >= 4 is 63.4 Å². The molecule has 5 aromatic rings. The molecule has 58 heavy (non-hydrogen) atoms. The van der Waals surface area contributed by atoms with Crippen LogP contribution in [0.3, 0.4) is 0 Å². The van der Waals surface area contributed by atoms with Crippen molar-refractivity contribution < 1.29 is 38.1 Å². The lowest BCUT2D eigenvalue weighted by molar-refractivity contribution is -0.110. The summed E-state index contributed by atoms with van der Waals surface area (Å²) in [5, 5.41) is 10.2. The number of allylic oxidation sites excluding steroid dienone is 1. The number of aryl methyl sites for hydroxylation is 2. The van der Waals surface area contributed by atoms with E-state index in [0.717, 1.165) is 0 Å². The number of hydrogen-bond donors (Lipinski definition) is 3. The first-order valence-corrected chi connectivity index (χ1v) is 18.6. The van der Waals surface area contributed by atoms with Crippen LogP contribution in [0.1, 0.15) is 82.6 Å². The zero-order valence-corrected chi connectivity index (χ0v) is 32.8. The maximum atomic E-state index is 13.6. The van der Waals surface area contributed by atoms with Crippen LogP contribution in [0, 0.1) is 18.8 Å². The van der Waals surface area contributed by atoms with Crippen LogP contribution < -0.4 is 25.8 Å². The predicted molar refractivity (Wildman–Crippen MR) is 213 cm³/mol. The largest absolute Gasteiger partial charge is 0.489 e. The number of aromatic nitrogens is 6. The summed E-state index contributed by atoms with van der Waals surface area (Å²) in [4.78, 5) is 65.8. The highest BCUT2D eigenvalue weighted by Gasteiger charge is 2.31. The smallest absolute Gasteiger partial charge is 0.338 e. The Bertz CT molecular complexity index is 2620. The molecule has 0 aliphatic carbocycles. The molecular formula is C40H42N10O8. The second-order valence-corrected chi connectivity index (χ2v) is 13.6. The van der Waals surface area contributed by atoms with Crippen molar-refractivity contribution in [2.75, 3.05) is 44.6 Å². The number of nitrogens with two attached hydrogens (primary N) is 1. The maximum Gasteiger partial charge on any atom is 0.338 e. The van der Waals surface area contributed by atoms with Gasteiger partial charge in [-0.25, -0.2) is 19.6 Å². The summed E-state index contributed by atoms with van der Waals surface area (Å²) in [5.74, 6) is 5.83. The zero-order valence-electron chi connectivity index (χ0n) is 32.8. The molecule has 0 saturated heterocycles. The molecule has 2 aliphatic rings. The summed E-state index contributed by atoms with van der Waals surface area (Å²) in [7, 11) is 2.58. The Hall–Kier alpha value is -7.16. The highest BCUT2D eigenvalue weighted by Crippen LogP contribution is 2.40. The Morgan fingerprint density at radius 1 is 0.879 bits per heavy atom. The monoisotopic (exact) mass is 790 g/mol. The van der Waals surface area contributed by atoms with Gasteiger partial charge in [-0.05, 0) is 64.1 Å². The van der Waals surface area contributed by atoms with E-state index in [1.807, 2.05) is 29.9 Å². The molecule has 4 N–H and O–H groups in total. The summed E-state index contributed by atoms with van der Waals surface area (Å²) in [6, 6.07) is 7.27. The first-order valence-electron chi connectivity index (χ1n) is 18.6. The normalized spacial score (nSPS) is 15.9. The first-order chi connectivity index (χ1) is 27.9. The van der Waals surface area contributed by atoms with Crippen molar-refractivity contribution in [2.24, 2.45) is 10.7 Å². The number of nitrogens with zero attached hydrogens (tertiary/aromatic N) is 7. The molecule has 3 aromatic heterocycles. The van der Waals surface area contributed by atoms with Crippen LogP contribution >= 0.6 is 0 Å². The lowest BCUT2D eigenvalue weighted by atomic mass is 10.1. The first kappa shape index (κ1) is 39.1. The number of nitrogens with one attached hydrogen (secondary N) is 2. The van der Waals surface area contributed by atoms with Gasteiger partial charge in [-0.3, -0.25) is 39.0 Å². The minimum absolute atomic E-state index is 0.134. The van der Waals surface area contributed by atoms with Gasteiger partial charge in [0.1, 0.15) is 47.2 Å². The van der Waals surface area contributed by atoms with Crippen molar-refractivity contribution in [2.45, 2.75) is 59.2 Å². The number of ether oxygens (including phenoxy) is 4. The fourth-order valence-electron chi connectivity index (χ4n) is 7.04. The molecule has 2 amide bonds. The number of carbonyl (C=O) groups is 4. The van der Waals surface area contributed by atoms with Gasteiger partial charge in [0, 0.05) is 31.6 Å². The summed E-state index contributed by atoms with van der Waals surface area (Å²) in [6.07, 6.45) is 2.08. The molecule has 5 heterocycles. The quantitative estimate of drug-likeness (QED) is 0.0966. The molecule has 0 bridgehead atoms. The number of hydrogen-bond acceptors (Lipinski definition) is 13. The molecule has 0 radical (unpaired) electrons. The van der Waals surface area contributed by atoms with E-state index in [1.165, 1.54) is 20.3 Å². The van der Waals surface area contributed by atoms with Gasteiger partial charge in [-0.2, -0.15) is 5.10 Å². The summed E-state index contributed by atoms with van der Waals surface area (Å²) in [5.41, 5.74) is 10.0. The number of carbonyl (C=O) groups excluding carboxylic acids is 4. The van der Waals surface area contributed by atoms with Gasteiger partial charge in [0.15, 0.2) is 0 Å². The average Bonchev–Trinajstić information content (AvgIpc) is 3.90. The third-order valence-corrected chi connectivity index (χ3v) is 9.55. The fourth-order valence-corrected chi connectivity index (χ4v) is 7.04. The molecule has 300 valence electrons. The number of amides is 2. The van der Waals surface area contributed by atoms with Gasteiger partial charge < -0.3 is 24.7 Å². The third kappa shape index (κ3) is 7.41. The SMILES string of the molecule is CCN=C(C=C(C)N)C(=O)Nc1nc2cc(C(=O)OC)cc3c2n1[C@@H](CC#CC[C@H]1COc2cc(C(=O)OC)cc4nc(NC(=O)c5cc(C)nn5CC)n1c24)CO3. The third-order valence-electron chi connectivity index (χ3n) is 9.55. The number of imidazole rings is 2. The van der Waals surface area contributed by atoms with E-state index >= 15 is 0 Å². The van der Waals surface area contributed by atoms with Crippen LogP contribution in [0.5, 0.6) is 11.5 Å². The van der Waals surface area contributed by atoms with Crippen molar-refractivity contribution in [1.29, 1.82) is 0 Å². The van der Waals surface area contributed by atoms with Crippen LogP contribution in [0.2, 0.25) is 0 Å². The zero-order chi connectivity index (χ0) is 41.2. The number of esters is 2. The Kier molecular flexibility index (Phi) is 10.9. The number of aliphatic imine (C=N–C) groups is 1. The van der Waals surface area contributed by atoms with Crippen LogP contribution in [0.15, 0.2) is 47.1 Å². The van der Waals surface area contributed by atoms with E-state index in [0.29, 0.717) is 76.6 Å². The van der Waals surface area contributed by atoms with Crippen molar-refractivity contribution in [1.82, 2.24) is 28.9 Å². The minimum Gasteiger partial charge on any atom is -0.489 e. The second kappa shape index (κ2) is 16.1. The van der Waals surface area contributed by atoms with E-state index in [2.05, 4.69) is 32.6 Å². The summed E-state index contributed by atoms with van der Waals surface area (Å²) >= 11 is 0. The predicted octanol–water partition coefficient (Wildman–Crippen LogP) is 4.35. The molecule has 0 spiro atoms. The lowest BCUT2D eigenvalue weighted by Crippen LogP contribution is -2.28. The Morgan fingerprint density at radius 2 is 1.41 bits per heavy atom. The fraction of sp³-hybridized carbons (Fsp3) is 0.350. The van der Waals surface area contributed by atoms with Gasteiger partial charge in [0.05, 0.1) is 54.2 Å². The maximum absolute atomic E-state index is 13.6. The summed E-state index contributed by atoms with van der Waals surface area (Å²) < 4.78 is 27.5. The van der Waals surface area contributed by atoms with Crippen LogP contribution in [-0.2, 0) is 20.8 Å². The Morgan fingerprint density at radius 3 is 1.90 bits per heavy atom. The van der Waals surface area contributed by atoms with E-state index in [4.69, 9.17) is 34.6 Å². The van der Waals surface area contributed by atoms with E-state index < -0.39 is 29.8 Å². The molecule has 2 aromatic carbocycles. The van der Waals surface area contributed by atoms with Crippen LogP contribution in [-0.4, -0.2) is 92.3 Å². The molecule has 7 rings (SSSR count). The number of methoxy groups -OCH3 is 2. The molecule has 0 fully saturated rings. The van der Waals surface area contributed by atoms with Crippen molar-refractivity contribution in [3.63, 3.8) is 0 Å². The van der Waals surface area contributed by atoms with Crippen molar-refractivity contribution in [3.8, 4) is 23.3 Å². The van der Waals surface area contributed by atoms with Crippen molar-refractivity contribution in [3.05, 3.63) is 64.6 Å². The molecule has 0 unspecified atom stereocenters. The average molecular weight is 791 g/mol.